The van der Waals surface area contributed by atoms with Crippen LogP contribution in [-0.2, 0) is 13.8 Å². The van der Waals surface area contributed by atoms with E-state index in [4.69, 9.17) is 19.6 Å². The zero-order chi connectivity index (χ0) is 11.6. The van der Waals surface area contributed by atoms with Gasteiger partial charge >= 0.3 is 7.82 Å². The van der Waals surface area contributed by atoms with Crippen LogP contribution in [0.25, 0.3) is 0 Å². The van der Waals surface area contributed by atoms with E-state index < -0.39 is 32.0 Å². The molecule has 4 N–H and O–H groups in total. The van der Waals surface area contributed by atoms with Crippen molar-refractivity contribution in [3.63, 3.8) is 0 Å². The van der Waals surface area contributed by atoms with Crippen LogP contribution in [0, 0.1) is 5.92 Å². The van der Waals surface area contributed by atoms with Gasteiger partial charge in [-0.15, -0.1) is 0 Å². The van der Waals surface area contributed by atoms with Gasteiger partial charge in [0.05, 0.1) is 31.4 Å². The third-order valence-corrected chi connectivity index (χ3v) is 2.89. The second-order valence-corrected chi connectivity index (χ2v) is 4.74. The predicted octanol–water partition coefficient (Wildman–Crippen LogP) is -2.58. The van der Waals surface area contributed by atoms with E-state index in [1.54, 1.807) is 7.85 Å². The van der Waals surface area contributed by atoms with Gasteiger partial charge in [0.2, 0.25) is 0 Å². The van der Waals surface area contributed by atoms with Gasteiger partial charge in [-0.05, 0) is 0 Å². The minimum Gasteiger partial charge on any atom is -0.396 e. The highest BCUT2D eigenvalue weighted by atomic mass is 31.2. The third kappa shape index (κ3) is 3.53. The second-order valence-electron chi connectivity index (χ2n) is 3.50. The largest absolute Gasteiger partial charge is 0.469 e. The Kier molecular flexibility index (Phi) is 4.31. The Balaban J connectivity index is 2.52. The highest BCUT2D eigenvalue weighted by Gasteiger charge is 2.41. The van der Waals surface area contributed by atoms with Crippen LogP contribution in [0.1, 0.15) is 0 Å². The molecule has 1 aliphatic rings. The molecule has 0 aromatic heterocycles. The lowest BCUT2D eigenvalue weighted by molar-refractivity contribution is 0.0147. The fraction of sp³-hybridized carbons (Fsp3) is 1.00. The molecule has 0 saturated carbocycles. The number of hydrogen-bond acceptors (Lipinski definition) is 5. The third-order valence-electron chi connectivity index (χ3n) is 2.40. The van der Waals surface area contributed by atoms with Crippen molar-refractivity contribution in [3.8, 4) is 0 Å². The highest BCUT2D eigenvalue weighted by molar-refractivity contribution is 7.46. The molecule has 4 atom stereocenters. The standard InChI is InChI=1S/C6H14BO7P/c7-6-5(9)3(1-8)4(14-6)2-13-15(10,11)12/h3-6,8-9H,1-2,7H2,(H2,10,11,12)/t3?,4-,5?,6-/m1/s1. The van der Waals surface area contributed by atoms with Crippen LogP contribution in [0.3, 0.4) is 0 Å². The predicted molar refractivity (Wildman–Crippen MR) is 51.8 cm³/mol. The Morgan fingerprint density at radius 2 is 2.07 bits per heavy atom. The van der Waals surface area contributed by atoms with Crippen molar-refractivity contribution in [1.82, 2.24) is 0 Å². The average molecular weight is 240 g/mol. The van der Waals surface area contributed by atoms with Crippen LogP contribution < -0.4 is 0 Å². The molecule has 0 bridgehead atoms. The van der Waals surface area contributed by atoms with Gasteiger partial charge in [0.1, 0.15) is 7.85 Å². The van der Waals surface area contributed by atoms with E-state index in [9.17, 15) is 9.67 Å². The van der Waals surface area contributed by atoms with Crippen LogP contribution in [0.15, 0.2) is 0 Å². The number of aliphatic hydroxyl groups is 2. The Bertz CT molecular complexity index is 256. The van der Waals surface area contributed by atoms with Crippen LogP contribution in [0.2, 0.25) is 0 Å². The highest BCUT2D eigenvalue weighted by Crippen LogP contribution is 2.37. The summed E-state index contributed by atoms with van der Waals surface area (Å²) in [5, 5.41) is 18.5. The van der Waals surface area contributed by atoms with Crippen molar-refractivity contribution in [1.29, 1.82) is 0 Å². The van der Waals surface area contributed by atoms with E-state index in [1.807, 2.05) is 0 Å². The van der Waals surface area contributed by atoms with Crippen LogP contribution in [0.4, 0.5) is 0 Å². The summed E-state index contributed by atoms with van der Waals surface area (Å²) in [6, 6.07) is -0.479. The van der Waals surface area contributed by atoms with Crippen molar-refractivity contribution in [3.05, 3.63) is 0 Å². The topological polar surface area (TPSA) is 116 Å². The first-order valence-electron chi connectivity index (χ1n) is 4.49. The summed E-state index contributed by atoms with van der Waals surface area (Å²) in [5.41, 5.74) is 0. The minimum absolute atomic E-state index is 0.319. The van der Waals surface area contributed by atoms with Gasteiger partial charge < -0.3 is 24.7 Å². The number of phosphoric acid groups is 1. The molecular formula is C6H14BO7P. The van der Waals surface area contributed by atoms with Crippen LogP contribution >= 0.6 is 7.82 Å². The van der Waals surface area contributed by atoms with Gasteiger partial charge in [-0.3, -0.25) is 4.52 Å². The molecule has 0 aliphatic carbocycles. The molecule has 88 valence electrons. The second kappa shape index (κ2) is 4.92. The van der Waals surface area contributed by atoms with E-state index in [1.165, 1.54) is 0 Å². The molecule has 15 heavy (non-hydrogen) atoms. The average Bonchev–Trinajstić information content (AvgIpc) is 2.38. The normalized spacial score (nSPS) is 37.1. The van der Waals surface area contributed by atoms with Gasteiger partial charge in [0, 0.05) is 5.92 Å². The summed E-state index contributed by atoms with van der Waals surface area (Å²) in [7, 11) is -2.92. The Morgan fingerprint density at radius 3 is 2.53 bits per heavy atom. The SMILES string of the molecule is B[C@@H]1O[C@H](COP(=O)(O)O)C(CO)C1O. The molecule has 0 aromatic carbocycles. The summed E-state index contributed by atoms with van der Waals surface area (Å²) >= 11 is 0. The van der Waals surface area contributed by atoms with E-state index >= 15 is 0 Å². The zero-order valence-electron chi connectivity index (χ0n) is 8.18. The number of ether oxygens (including phenoxy) is 1. The summed E-state index contributed by atoms with van der Waals surface area (Å²) in [5.74, 6) is -0.577. The molecular weight excluding hydrogens is 226 g/mol. The molecule has 9 heteroatoms. The number of rotatable bonds is 4. The number of hydrogen-bond donors (Lipinski definition) is 4. The maximum Gasteiger partial charge on any atom is 0.469 e. The van der Waals surface area contributed by atoms with Crippen LogP contribution in [-0.4, -0.2) is 59.3 Å². The number of phosphoric ester groups is 1. The molecule has 0 spiro atoms. The zero-order valence-corrected chi connectivity index (χ0v) is 9.08. The van der Waals surface area contributed by atoms with Crippen molar-refractivity contribution >= 4 is 15.7 Å². The van der Waals surface area contributed by atoms with Crippen molar-refractivity contribution < 1.29 is 33.8 Å². The van der Waals surface area contributed by atoms with Crippen molar-refractivity contribution in [2.24, 2.45) is 5.92 Å². The maximum atomic E-state index is 10.4. The number of aliphatic hydroxyl groups excluding tert-OH is 2. The Hall–Kier alpha value is 0.0549. The quantitative estimate of drug-likeness (QED) is 0.315. The lowest BCUT2D eigenvalue weighted by Gasteiger charge is -2.17. The van der Waals surface area contributed by atoms with Gasteiger partial charge in [0.25, 0.3) is 0 Å². The Labute approximate surface area is 87.7 Å². The fourth-order valence-electron chi connectivity index (χ4n) is 1.58. The summed E-state index contributed by atoms with van der Waals surface area (Å²) < 4.78 is 19.9. The van der Waals surface area contributed by atoms with Gasteiger partial charge in [0.15, 0.2) is 0 Å². The first-order valence-corrected chi connectivity index (χ1v) is 6.02. The smallest absolute Gasteiger partial charge is 0.396 e. The molecule has 1 rings (SSSR count). The molecule has 7 nitrogen and oxygen atoms in total. The molecule has 0 aromatic rings. The molecule has 2 unspecified atom stereocenters. The monoisotopic (exact) mass is 240 g/mol. The molecule has 1 saturated heterocycles. The minimum atomic E-state index is -4.54. The first-order chi connectivity index (χ1) is 6.85. The summed E-state index contributed by atoms with van der Waals surface area (Å²) in [6.07, 6.45) is -1.55. The fourth-order valence-corrected chi connectivity index (χ4v) is 1.93. The molecule has 1 heterocycles. The maximum absolute atomic E-state index is 10.4. The molecule has 0 amide bonds. The lowest BCUT2D eigenvalue weighted by atomic mass is 9.88. The lowest BCUT2D eigenvalue weighted by Crippen LogP contribution is -2.32. The molecule has 0 radical (unpaired) electrons. The van der Waals surface area contributed by atoms with Crippen LogP contribution in [0.5, 0.6) is 0 Å². The molecule has 1 fully saturated rings. The van der Waals surface area contributed by atoms with E-state index in [0.29, 0.717) is 0 Å². The van der Waals surface area contributed by atoms with Gasteiger partial charge in [-0.2, -0.15) is 0 Å². The summed E-state index contributed by atoms with van der Waals surface area (Å²) in [4.78, 5) is 17.0. The van der Waals surface area contributed by atoms with E-state index in [2.05, 4.69) is 4.52 Å². The van der Waals surface area contributed by atoms with Crippen molar-refractivity contribution in [2.45, 2.75) is 18.2 Å². The summed E-state index contributed by atoms with van der Waals surface area (Å²) in [6.45, 7) is -0.669. The molecule has 1 aliphatic heterocycles. The van der Waals surface area contributed by atoms with E-state index in [-0.39, 0.29) is 13.2 Å². The first kappa shape index (κ1) is 13.1. The van der Waals surface area contributed by atoms with Gasteiger partial charge in [-0.25, -0.2) is 4.57 Å². The van der Waals surface area contributed by atoms with Gasteiger partial charge in [-0.1, -0.05) is 0 Å². The van der Waals surface area contributed by atoms with E-state index in [0.717, 1.165) is 0 Å². The van der Waals surface area contributed by atoms with Crippen molar-refractivity contribution in [2.75, 3.05) is 13.2 Å². The Morgan fingerprint density at radius 1 is 1.47 bits per heavy atom.